The Labute approximate surface area is 206 Å². The monoisotopic (exact) mass is 519 g/mol. The van der Waals surface area contributed by atoms with E-state index in [4.69, 9.17) is 4.98 Å². The number of hydrogen-bond donors (Lipinski definition) is 1. The molecule has 7 nitrogen and oxygen atoms in total. The lowest BCUT2D eigenvalue weighted by molar-refractivity contribution is 0.101. The molecule has 2 aromatic heterocycles. The second kappa shape index (κ2) is 9.77. The van der Waals surface area contributed by atoms with Crippen LogP contribution in [0.2, 0.25) is 0 Å². The van der Waals surface area contributed by atoms with Crippen LogP contribution < -0.4 is 11.0 Å². The lowest BCUT2D eigenvalue weighted by atomic mass is 10.1. The van der Waals surface area contributed by atoms with Gasteiger partial charge in [0, 0.05) is 32.9 Å². The number of carbonyl (C=O) groups excluding carboxylic acids is 1. The van der Waals surface area contributed by atoms with Crippen LogP contribution in [-0.2, 0) is 0 Å². The summed E-state index contributed by atoms with van der Waals surface area (Å²) in [4.78, 5) is 30.7. The molecule has 0 fully saturated rings. The Balaban J connectivity index is 1.73. The number of nitrogens with one attached hydrogen (secondary N) is 1. The van der Waals surface area contributed by atoms with E-state index >= 15 is 0 Å². The second-order valence-corrected chi connectivity index (χ2v) is 9.19. The Kier molecular flexibility index (Phi) is 6.79. The zero-order chi connectivity index (χ0) is 24.4. The molecule has 4 rings (SSSR count). The summed E-state index contributed by atoms with van der Waals surface area (Å²) in [6.45, 7) is 7.89. The minimum atomic E-state index is -0.218. The van der Waals surface area contributed by atoms with Gasteiger partial charge in [-0.1, -0.05) is 48.0 Å². The first-order chi connectivity index (χ1) is 16.3. The third kappa shape index (κ3) is 4.59. The fourth-order valence-electron chi connectivity index (χ4n) is 3.75. The molecule has 4 aromatic rings. The van der Waals surface area contributed by atoms with Crippen LogP contribution in [0.25, 0.3) is 10.9 Å². The molecule has 0 spiro atoms. The second-order valence-electron chi connectivity index (χ2n) is 8.27. The van der Waals surface area contributed by atoms with Crippen molar-refractivity contribution in [2.45, 2.75) is 40.0 Å². The smallest absolute Gasteiger partial charge is 0.267 e. The average molecular weight is 520 g/mol. The fraction of sp³-hybridized carbons (Fsp3) is 0.231. The van der Waals surface area contributed by atoms with Gasteiger partial charge in [0.25, 0.3) is 11.5 Å². The van der Waals surface area contributed by atoms with E-state index in [2.05, 4.69) is 33.4 Å². The van der Waals surface area contributed by atoms with Crippen LogP contribution in [0.15, 0.2) is 69.0 Å². The van der Waals surface area contributed by atoms with Crippen molar-refractivity contribution < 1.29 is 4.79 Å². The van der Waals surface area contributed by atoms with Crippen molar-refractivity contribution in [2.75, 3.05) is 5.43 Å². The average Bonchev–Trinajstić information content (AvgIpc) is 3.11. The molecule has 1 atom stereocenters. The summed E-state index contributed by atoms with van der Waals surface area (Å²) in [5, 5.41) is 5.05. The topological polar surface area (TPSA) is 81.3 Å². The Morgan fingerprint density at radius 2 is 1.91 bits per heavy atom. The number of nitrogens with zero attached hydrogens (tertiary/aromatic N) is 4. The number of halogens is 1. The van der Waals surface area contributed by atoms with Crippen molar-refractivity contribution in [1.29, 1.82) is 0 Å². The summed E-state index contributed by atoms with van der Waals surface area (Å²) in [5.74, 6) is 0.464. The van der Waals surface area contributed by atoms with Crippen LogP contribution in [0.1, 0.15) is 59.3 Å². The van der Waals surface area contributed by atoms with Gasteiger partial charge in [0.1, 0.15) is 5.82 Å². The molecule has 2 aromatic carbocycles. The largest absolute Gasteiger partial charge is 0.282 e. The van der Waals surface area contributed by atoms with Gasteiger partial charge in [-0.2, -0.15) is 9.78 Å². The third-order valence-electron chi connectivity index (χ3n) is 5.92. The number of rotatable bonds is 6. The first-order valence-electron chi connectivity index (χ1n) is 11.1. The molecule has 0 aliphatic heterocycles. The van der Waals surface area contributed by atoms with Crippen molar-refractivity contribution in [3.05, 3.63) is 97.8 Å². The normalized spacial score (nSPS) is 12.4. The maximum Gasteiger partial charge on any atom is 0.282 e. The summed E-state index contributed by atoms with van der Waals surface area (Å²) in [6, 6.07) is 16.4. The Bertz CT molecular complexity index is 1450. The van der Waals surface area contributed by atoms with Gasteiger partial charge in [-0.05, 0) is 56.7 Å². The van der Waals surface area contributed by atoms with Crippen LogP contribution in [0, 0.1) is 13.8 Å². The van der Waals surface area contributed by atoms with Gasteiger partial charge in [-0.15, -0.1) is 0 Å². The van der Waals surface area contributed by atoms with Gasteiger partial charge in [-0.3, -0.25) is 19.7 Å². The molecule has 0 radical (unpaired) electrons. The van der Waals surface area contributed by atoms with E-state index in [0.717, 1.165) is 27.8 Å². The van der Waals surface area contributed by atoms with Crippen LogP contribution >= 0.6 is 15.9 Å². The van der Waals surface area contributed by atoms with Crippen molar-refractivity contribution in [3.8, 4) is 0 Å². The number of benzene rings is 2. The van der Waals surface area contributed by atoms with E-state index in [0.29, 0.717) is 22.3 Å². The van der Waals surface area contributed by atoms with Crippen molar-refractivity contribution >= 4 is 39.0 Å². The highest BCUT2D eigenvalue weighted by atomic mass is 79.9. The predicted molar refractivity (Wildman–Crippen MR) is 139 cm³/mol. The van der Waals surface area contributed by atoms with E-state index < -0.39 is 0 Å². The molecular weight excluding hydrogens is 494 g/mol. The number of aromatic nitrogens is 3. The summed E-state index contributed by atoms with van der Waals surface area (Å²) in [6.07, 6.45) is 2.47. The minimum Gasteiger partial charge on any atom is -0.267 e. The Morgan fingerprint density at radius 1 is 1.18 bits per heavy atom. The lowest BCUT2D eigenvalue weighted by Gasteiger charge is -2.14. The summed E-state index contributed by atoms with van der Waals surface area (Å²) in [7, 11) is 0. The SMILES string of the molecule is CC[C@@H](C)c1nc2ccc(Br)cc2c(=O)n1N=Cc1cc(C)n(NC(=O)c2ccccc2)c1C. The van der Waals surface area contributed by atoms with E-state index in [-0.39, 0.29) is 17.4 Å². The van der Waals surface area contributed by atoms with Crippen molar-refractivity contribution in [3.63, 3.8) is 0 Å². The van der Waals surface area contributed by atoms with Gasteiger partial charge in [-0.25, -0.2) is 4.98 Å². The first-order valence-corrected chi connectivity index (χ1v) is 11.9. The molecule has 0 aliphatic rings. The van der Waals surface area contributed by atoms with Crippen molar-refractivity contribution in [1.82, 2.24) is 14.3 Å². The van der Waals surface area contributed by atoms with E-state index in [9.17, 15) is 9.59 Å². The molecule has 0 unspecified atom stereocenters. The maximum atomic E-state index is 13.3. The summed E-state index contributed by atoms with van der Waals surface area (Å²) >= 11 is 3.43. The zero-order valence-corrected chi connectivity index (χ0v) is 21.1. The maximum absolute atomic E-state index is 13.3. The summed E-state index contributed by atoms with van der Waals surface area (Å²) in [5.41, 5.74) is 6.37. The predicted octanol–water partition coefficient (Wildman–Crippen LogP) is 5.36. The van der Waals surface area contributed by atoms with E-state index in [1.807, 2.05) is 57.2 Å². The number of aryl methyl sites for hydroxylation is 1. The number of fused-ring (bicyclic) bond motifs is 1. The molecule has 1 N–H and O–H groups in total. The molecule has 34 heavy (non-hydrogen) atoms. The van der Waals surface area contributed by atoms with Gasteiger partial charge >= 0.3 is 0 Å². The standard InChI is InChI=1S/C26H26BrN5O2/c1-5-16(2)24-29-23-12-11-21(27)14-22(23)26(34)32(24)28-15-20-13-17(3)31(18(20)4)30-25(33)19-9-7-6-8-10-19/h6-16H,5H2,1-4H3,(H,30,33)/t16-/m1/s1. The molecule has 0 saturated heterocycles. The Morgan fingerprint density at radius 3 is 2.62 bits per heavy atom. The van der Waals surface area contributed by atoms with E-state index in [1.165, 1.54) is 4.68 Å². The van der Waals surface area contributed by atoms with Gasteiger partial charge in [0.15, 0.2) is 0 Å². The molecule has 0 saturated carbocycles. The Hall–Kier alpha value is -3.52. The molecule has 0 aliphatic carbocycles. The number of hydrogen-bond acceptors (Lipinski definition) is 4. The van der Waals surface area contributed by atoms with Gasteiger partial charge in [0.2, 0.25) is 0 Å². The lowest BCUT2D eigenvalue weighted by Crippen LogP contribution is -2.25. The molecule has 2 heterocycles. The quantitative estimate of drug-likeness (QED) is 0.348. The van der Waals surface area contributed by atoms with Crippen LogP contribution in [0.5, 0.6) is 0 Å². The van der Waals surface area contributed by atoms with Gasteiger partial charge in [0.05, 0.1) is 17.1 Å². The van der Waals surface area contributed by atoms with Crippen molar-refractivity contribution in [2.24, 2.45) is 5.10 Å². The van der Waals surface area contributed by atoms with Crippen LogP contribution in [-0.4, -0.2) is 26.5 Å². The number of carbonyl (C=O) groups is 1. The molecular formula is C26H26BrN5O2. The van der Waals surface area contributed by atoms with Gasteiger partial charge < -0.3 is 0 Å². The molecule has 8 heteroatoms. The number of amides is 1. The molecule has 174 valence electrons. The fourth-order valence-corrected chi connectivity index (χ4v) is 4.11. The minimum absolute atomic E-state index is 0.0514. The third-order valence-corrected chi connectivity index (χ3v) is 6.41. The molecule has 0 bridgehead atoms. The molecule has 1 amide bonds. The highest BCUT2D eigenvalue weighted by molar-refractivity contribution is 9.10. The highest BCUT2D eigenvalue weighted by Gasteiger charge is 2.16. The summed E-state index contributed by atoms with van der Waals surface area (Å²) < 4.78 is 3.92. The highest BCUT2D eigenvalue weighted by Crippen LogP contribution is 2.21. The van der Waals surface area contributed by atoms with E-state index in [1.54, 1.807) is 29.1 Å². The zero-order valence-electron chi connectivity index (χ0n) is 19.5. The van der Waals surface area contributed by atoms with Crippen LogP contribution in [0.3, 0.4) is 0 Å². The first kappa shape index (κ1) is 23.6. The van der Waals surface area contributed by atoms with Crippen LogP contribution in [0.4, 0.5) is 0 Å².